The van der Waals surface area contributed by atoms with Gasteiger partial charge in [0.2, 0.25) is 5.91 Å². The summed E-state index contributed by atoms with van der Waals surface area (Å²) in [5, 5.41) is 5.53. The molecular formula is C18H28ClFN4O2. The largest absolute Gasteiger partial charge is 0.340 e. The number of anilines is 1. The van der Waals surface area contributed by atoms with Crippen LogP contribution in [0.4, 0.5) is 14.9 Å². The van der Waals surface area contributed by atoms with Crippen molar-refractivity contribution >= 4 is 30.0 Å². The second-order valence-electron chi connectivity index (χ2n) is 6.53. The third kappa shape index (κ3) is 5.08. The molecular weight excluding hydrogens is 359 g/mol. The fraction of sp³-hybridized carbons (Fsp3) is 0.556. The lowest BCUT2D eigenvalue weighted by Crippen LogP contribution is -2.48. The number of benzene rings is 1. The Kier molecular flexibility index (Phi) is 8.30. The van der Waals surface area contributed by atoms with Gasteiger partial charge in [-0.05, 0) is 43.5 Å². The summed E-state index contributed by atoms with van der Waals surface area (Å²) in [7, 11) is 0. The van der Waals surface area contributed by atoms with Crippen LogP contribution >= 0.6 is 12.4 Å². The number of likely N-dealkylation sites (tertiary alicyclic amines) is 1. The van der Waals surface area contributed by atoms with Crippen LogP contribution in [0.2, 0.25) is 0 Å². The first-order valence-electron chi connectivity index (χ1n) is 8.76. The quantitative estimate of drug-likeness (QED) is 0.702. The van der Waals surface area contributed by atoms with E-state index in [0.717, 1.165) is 0 Å². The SMILES string of the molecule is CCC(CC)(CN)C(=O)N1CCC(NC(=O)Nc2ccc(F)cc2)C1.Cl. The van der Waals surface area contributed by atoms with Crippen LogP contribution in [-0.2, 0) is 4.79 Å². The van der Waals surface area contributed by atoms with Crippen molar-refractivity contribution in [3.63, 3.8) is 0 Å². The summed E-state index contributed by atoms with van der Waals surface area (Å²) in [6, 6.07) is 5.10. The van der Waals surface area contributed by atoms with Crippen LogP contribution in [0.3, 0.4) is 0 Å². The van der Waals surface area contributed by atoms with Gasteiger partial charge in [-0.3, -0.25) is 4.79 Å². The van der Waals surface area contributed by atoms with Crippen LogP contribution < -0.4 is 16.4 Å². The van der Waals surface area contributed by atoms with Crippen molar-refractivity contribution in [1.29, 1.82) is 0 Å². The van der Waals surface area contributed by atoms with E-state index < -0.39 is 5.41 Å². The number of rotatable bonds is 6. The lowest BCUT2D eigenvalue weighted by Gasteiger charge is -2.33. The first-order chi connectivity index (χ1) is 11.9. The Balaban J connectivity index is 0.00000338. The summed E-state index contributed by atoms with van der Waals surface area (Å²) in [5.41, 5.74) is 5.86. The molecule has 0 aliphatic carbocycles. The van der Waals surface area contributed by atoms with Crippen LogP contribution in [0.1, 0.15) is 33.1 Å². The maximum atomic E-state index is 12.9. The van der Waals surface area contributed by atoms with Gasteiger partial charge in [-0.2, -0.15) is 0 Å². The summed E-state index contributed by atoms with van der Waals surface area (Å²) in [5.74, 6) is -0.283. The molecule has 3 amide bonds. The second-order valence-corrected chi connectivity index (χ2v) is 6.53. The molecule has 6 nitrogen and oxygen atoms in total. The Hall–Kier alpha value is -1.86. The molecule has 1 saturated heterocycles. The molecule has 1 aromatic rings. The van der Waals surface area contributed by atoms with Gasteiger partial charge in [0, 0.05) is 31.4 Å². The van der Waals surface area contributed by atoms with Gasteiger partial charge in [-0.25, -0.2) is 9.18 Å². The Bertz CT molecular complexity index is 599. The van der Waals surface area contributed by atoms with E-state index in [9.17, 15) is 14.0 Å². The van der Waals surface area contributed by atoms with Crippen molar-refractivity contribution in [2.45, 2.75) is 39.2 Å². The average Bonchev–Trinajstić information content (AvgIpc) is 3.07. The van der Waals surface area contributed by atoms with Crippen molar-refractivity contribution < 1.29 is 14.0 Å². The number of halogens is 2. The zero-order valence-corrected chi connectivity index (χ0v) is 16.1. The van der Waals surface area contributed by atoms with E-state index >= 15 is 0 Å². The predicted molar refractivity (Wildman–Crippen MR) is 103 cm³/mol. The Labute approximate surface area is 160 Å². The normalized spacial score (nSPS) is 16.8. The first-order valence-corrected chi connectivity index (χ1v) is 8.76. The van der Waals surface area contributed by atoms with Gasteiger partial charge in [0.15, 0.2) is 0 Å². The molecule has 26 heavy (non-hydrogen) atoms. The number of carbonyl (C=O) groups excluding carboxylic acids is 2. The number of hydrogen-bond donors (Lipinski definition) is 3. The van der Waals surface area contributed by atoms with Gasteiger partial charge in [0.1, 0.15) is 5.82 Å². The van der Waals surface area contributed by atoms with E-state index in [-0.39, 0.29) is 36.2 Å². The number of amides is 3. The molecule has 0 saturated carbocycles. The second kappa shape index (κ2) is 9.73. The highest BCUT2D eigenvalue weighted by atomic mass is 35.5. The van der Waals surface area contributed by atoms with Crippen molar-refractivity contribution in [3.8, 4) is 0 Å². The third-order valence-corrected chi connectivity index (χ3v) is 5.11. The molecule has 8 heteroatoms. The van der Waals surface area contributed by atoms with Gasteiger partial charge in [0.05, 0.1) is 5.41 Å². The number of hydrogen-bond acceptors (Lipinski definition) is 3. The topological polar surface area (TPSA) is 87.5 Å². The minimum absolute atomic E-state index is 0. The zero-order chi connectivity index (χ0) is 18.4. The third-order valence-electron chi connectivity index (χ3n) is 5.11. The molecule has 1 aliphatic rings. The Morgan fingerprint density at radius 3 is 2.42 bits per heavy atom. The van der Waals surface area contributed by atoms with Crippen molar-refractivity contribution in [2.24, 2.45) is 11.1 Å². The molecule has 2 rings (SSSR count). The lowest BCUT2D eigenvalue weighted by molar-refractivity contribution is -0.141. The summed E-state index contributed by atoms with van der Waals surface area (Å²) in [6.45, 7) is 5.39. The van der Waals surface area contributed by atoms with Crippen LogP contribution in [-0.4, -0.2) is 42.5 Å². The highest BCUT2D eigenvalue weighted by Gasteiger charge is 2.39. The Morgan fingerprint density at radius 1 is 1.27 bits per heavy atom. The maximum Gasteiger partial charge on any atom is 0.319 e. The van der Waals surface area contributed by atoms with Gasteiger partial charge < -0.3 is 21.3 Å². The molecule has 1 aromatic carbocycles. The van der Waals surface area contributed by atoms with E-state index in [4.69, 9.17) is 5.73 Å². The standard InChI is InChI=1S/C18H27FN4O2.ClH/c1-3-18(4-2,12-20)16(24)23-10-9-15(11-23)22-17(25)21-14-7-5-13(19)6-8-14;/h5-8,15H,3-4,9-12,20H2,1-2H3,(H2,21,22,25);1H. The molecule has 1 fully saturated rings. The van der Waals surface area contributed by atoms with Crippen molar-refractivity contribution in [1.82, 2.24) is 10.2 Å². The van der Waals surface area contributed by atoms with E-state index in [0.29, 0.717) is 44.6 Å². The van der Waals surface area contributed by atoms with Crippen LogP contribution in [0.5, 0.6) is 0 Å². The fourth-order valence-electron chi connectivity index (χ4n) is 3.21. The van der Waals surface area contributed by atoms with Gasteiger partial charge in [-0.1, -0.05) is 13.8 Å². The number of nitrogens with zero attached hydrogens (tertiary/aromatic N) is 1. The summed E-state index contributed by atoms with van der Waals surface area (Å²) < 4.78 is 12.9. The monoisotopic (exact) mass is 386 g/mol. The highest BCUT2D eigenvalue weighted by Crippen LogP contribution is 2.29. The van der Waals surface area contributed by atoms with E-state index in [1.807, 2.05) is 13.8 Å². The molecule has 1 heterocycles. The van der Waals surface area contributed by atoms with Crippen molar-refractivity contribution in [2.75, 3.05) is 25.0 Å². The van der Waals surface area contributed by atoms with Gasteiger partial charge in [0.25, 0.3) is 0 Å². The van der Waals surface area contributed by atoms with Crippen molar-refractivity contribution in [3.05, 3.63) is 30.1 Å². The highest BCUT2D eigenvalue weighted by molar-refractivity contribution is 5.89. The molecule has 1 atom stereocenters. The smallest absolute Gasteiger partial charge is 0.319 e. The summed E-state index contributed by atoms with van der Waals surface area (Å²) in [6.07, 6.45) is 2.12. The number of nitrogens with two attached hydrogens (primary N) is 1. The van der Waals surface area contributed by atoms with Crippen LogP contribution in [0.15, 0.2) is 24.3 Å². The predicted octanol–water partition coefficient (Wildman–Crippen LogP) is 2.74. The number of urea groups is 1. The van der Waals surface area contributed by atoms with Crippen LogP contribution in [0.25, 0.3) is 0 Å². The maximum absolute atomic E-state index is 12.9. The average molecular weight is 387 g/mol. The minimum atomic E-state index is -0.509. The zero-order valence-electron chi connectivity index (χ0n) is 15.3. The number of carbonyl (C=O) groups is 2. The van der Waals surface area contributed by atoms with E-state index in [1.54, 1.807) is 4.90 Å². The molecule has 0 radical (unpaired) electrons. The van der Waals surface area contributed by atoms with E-state index in [2.05, 4.69) is 10.6 Å². The lowest BCUT2D eigenvalue weighted by atomic mass is 9.81. The summed E-state index contributed by atoms with van der Waals surface area (Å²) in [4.78, 5) is 26.6. The first kappa shape index (κ1) is 22.2. The number of nitrogens with one attached hydrogen (secondary N) is 2. The molecule has 1 unspecified atom stereocenters. The molecule has 0 aromatic heterocycles. The molecule has 0 spiro atoms. The molecule has 146 valence electrons. The van der Waals surface area contributed by atoms with Gasteiger partial charge >= 0.3 is 6.03 Å². The van der Waals surface area contributed by atoms with Crippen LogP contribution in [0, 0.1) is 11.2 Å². The fourth-order valence-corrected chi connectivity index (χ4v) is 3.21. The Morgan fingerprint density at radius 2 is 1.88 bits per heavy atom. The molecule has 4 N–H and O–H groups in total. The summed E-state index contributed by atoms with van der Waals surface area (Å²) >= 11 is 0. The molecule has 0 bridgehead atoms. The molecule has 1 aliphatic heterocycles. The minimum Gasteiger partial charge on any atom is -0.340 e. The van der Waals surface area contributed by atoms with Gasteiger partial charge in [-0.15, -0.1) is 12.4 Å². The van der Waals surface area contributed by atoms with E-state index in [1.165, 1.54) is 24.3 Å².